The van der Waals surface area contributed by atoms with E-state index in [1.165, 1.54) is 94.6 Å². The van der Waals surface area contributed by atoms with Crippen LogP contribution in [0.2, 0.25) is 0 Å². The molecule has 3 heterocycles. The van der Waals surface area contributed by atoms with Crippen molar-refractivity contribution in [1.29, 1.82) is 0 Å². The Morgan fingerprint density at radius 3 is 1.04 bits per heavy atom. The molecule has 115 heavy (non-hydrogen) atoms. The molecule has 0 N–H and O–H groups in total. The minimum absolute atomic E-state index is 0.530. The third-order valence-corrected chi connectivity index (χ3v) is 23.9. The molecule has 2 aliphatic rings. The molecule has 5 nitrogen and oxygen atoms in total. The third kappa shape index (κ3) is 10.9. The molecule has 5 heteroatoms. The van der Waals surface area contributed by atoms with Crippen molar-refractivity contribution in [2.75, 3.05) is 9.80 Å². The molecule has 18 aromatic carbocycles. The monoisotopic (exact) mass is 1470 g/mol. The third-order valence-electron chi connectivity index (χ3n) is 23.9. The molecule has 0 radical (unpaired) electrons. The zero-order valence-electron chi connectivity index (χ0n) is 62.7. The summed E-state index contributed by atoms with van der Waals surface area (Å²) in [5, 5.41) is 6.63. The quantitative estimate of drug-likeness (QED) is 0.115. The van der Waals surface area contributed by atoms with E-state index in [0.717, 1.165) is 106 Å². The van der Waals surface area contributed by atoms with Gasteiger partial charge in [0.2, 0.25) is 0 Å². The topological polar surface area (TPSA) is 45.9 Å². The Labute approximate surface area is 666 Å². The number of hydrogen-bond donors (Lipinski definition) is 0. The number of rotatable bonds is 13. The Morgan fingerprint density at radius 1 is 0.165 bits per heavy atom. The fraction of sp³-hybridized carbons (Fsp3) is 0.0182. The number of furan rings is 3. The van der Waals surface area contributed by atoms with E-state index in [-0.39, 0.29) is 0 Å². The lowest BCUT2D eigenvalue weighted by Crippen LogP contribution is -2.28. The van der Waals surface area contributed by atoms with E-state index in [0.29, 0.717) is 0 Å². The normalized spacial score (nSPS) is 12.8. The van der Waals surface area contributed by atoms with Crippen molar-refractivity contribution in [1.82, 2.24) is 0 Å². The molecule has 0 unspecified atom stereocenters. The maximum absolute atomic E-state index is 6.93. The molecule has 0 spiro atoms. The van der Waals surface area contributed by atoms with Gasteiger partial charge in [-0.25, -0.2) is 0 Å². The molecule has 0 amide bonds. The van der Waals surface area contributed by atoms with Gasteiger partial charge in [0.15, 0.2) is 0 Å². The van der Waals surface area contributed by atoms with Crippen LogP contribution >= 0.6 is 0 Å². The van der Waals surface area contributed by atoms with Crippen LogP contribution in [0.15, 0.2) is 450 Å². The molecule has 0 saturated carbocycles. The van der Waals surface area contributed by atoms with E-state index >= 15 is 0 Å². The minimum Gasteiger partial charge on any atom is -0.456 e. The minimum atomic E-state index is -0.560. The molecule has 23 rings (SSSR count). The first-order chi connectivity index (χ1) is 57.0. The standard InChI is InChI=1S/C55H35NO2.C55H37NO/c1-3-14-36(15-4-1)37-16-13-17-38(32-37)55(49-23-10-7-20-43(49)44-21-8-11-24-50(44)55)39-26-29-46-48-31-28-42(35-54(48)58-52(46)33-39)56(40-18-5-2-6-19-40)41-27-30-47-45-22-9-12-25-51(45)57-53(47)34-41;1-4-17-38(18-5-1)39-19-14-20-40(35-39)41-21-15-26-44(36-41)56(43-24-8-3-9-25-43)45-33-34-48-53(37-45)57-52-32-16-31-51(54(48)52)55(42-22-6-2-7-23-42)49-29-12-10-27-46(49)47-28-11-13-30-50(47)55/h1-35H;1-37H. The first-order valence-corrected chi connectivity index (χ1v) is 39.4. The molecule has 0 fully saturated rings. The van der Waals surface area contributed by atoms with Crippen LogP contribution in [0.25, 0.3) is 121 Å². The second kappa shape index (κ2) is 27.5. The molecule has 0 atom stereocenters. The Bertz CT molecular complexity index is 7210. The van der Waals surface area contributed by atoms with E-state index in [9.17, 15) is 0 Å². The van der Waals surface area contributed by atoms with Gasteiger partial charge in [-0.05, 0) is 203 Å². The van der Waals surface area contributed by atoms with E-state index in [1.54, 1.807) is 0 Å². The van der Waals surface area contributed by atoms with Crippen molar-refractivity contribution in [3.05, 3.63) is 481 Å². The summed E-state index contributed by atoms with van der Waals surface area (Å²) in [6.07, 6.45) is 0. The lowest BCUT2D eigenvalue weighted by Gasteiger charge is -2.34. The largest absolute Gasteiger partial charge is 0.456 e. The second-order valence-corrected chi connectivity index (χ2v) is 30.1. The van der Waals surface area contributed by atoms with E-state index in [4.69, 9.17) is 13.3 Å². The van der Waals surface area contributed by atoms with E-state index < -0.39 is 10.8 Å². The molecule has 0 bridgehead atoms. The molecular weight excluding hydrogens is 1400 g/mol. The van der Waals surface area contributed by atoms with Crippen LogP contribution in [0.3, 0.4) is 0 Å². The zero-order valence-corrected chi connectivity index (χ0v) is 62.7. The van der Waals surface area contributed by atoms with Crippen LogP contribution < -0.4 is 9.80 Å². The zero-order chi connectivity index (χ0) is 76.0. The van der Waals surface area contributed by atoms with Crippen molar-refractivity contribution in [3.8, 4) is 55.6 Å². The van der Waals surface area contributed by atoms with Crippen LogP contribution in [0.4, 0.5) is 34.1 Å². The lowest BCUT2D eigenvalue weighted by atomic mass is 9.66. The average molecular weight is 1470 g/mol. The predicted molar refractivity (Wildman–Crippen MR) is 475 cm³/mol. The van der Waals surface area contributed by atoms with Crippen LogP contribution in [0.5, 0.6) is 0 Å². The van der Waals surface area contributed by atoms with Gasteiger partial charge in [0.25, 0.3) is 0 Å². The summed E-state index contributed by atoms with van der Waals surface area (Å²) in [6.45, 7) is 0. The Hall–Kier alpha value is -15.0. The summed E-state index contributed by atoms with van der Waals surface area (Å²) in [6, 6.07) is 157. The van der Waals surface area contributed by atoms with Crippen molar-refractivity contribution < 1.29 is 13.3 Å². The first kappa shape index (κ1) is 66.9. The highest BCUT2D eigenvalue weighted by molar-refractivity contribution is 6.11. The van der Waals surface area contributed by atoms with Crippen molar-refractivity contribution in [2.24, 2.45) is 0 Å². The van der Waals surface area contributed by atoms with E-state index in [1.807, 2.05) is 12.1 Å². The fourth-order valence-corrected chi connectivity index (χ4v) is 18.9. The summed E-state index contributed by atoms with van der Waals surface area (Å²) in [4.78, 5) is 4.60. The molecule has 540 valence electrons. The van der Waals surface area contributed by atoms with Gasteiger partial charge < -0.3 is 23.1 Å². The number of para-hydroxylation sites is 3. The Balaban J connectivity index is 0.000000140. The van der Waals surface area contributed by atoms with Gasteiger partial charge in [0, 0.05) is 84.6 Å². The molecule has 3 aromatic heterocycles. The van der Waals surface area contributed by atoms with Gasteiger partial charge >= 0.3 is 0 Å². The van der Waals surface area contributed by atoms with E-state index in [2.05, 4.69) is 434 Å². The molecule has 0 aliphatic heterocycles. The smallest absolute Gasteiger partial charge is 0.137 e. The molecule has 21 aromatic rings. The highest BCUT2D eigenvalue weighted by atomic mass is 16.3. The summed E-state index contributed by atoms with van der Waals surface area (Å²) >= 11 is 0. The van der Waals surface area contributed by atoms with Crippen molar-refractivity contribution >= 4 is 99.9 Å². The maximum atomic E-state index is 6.93. The number of nitrogens with zero attached hydrogens (tertiary/aromatic N) is 2. The van der Waals surface area contributed by atoms with Gasteiger partial charge in [0.1, 0.15) is 33.5 Å². The van der Waals surface area contributed by atoms with Gasteiger partial charge in [-0.2, -0.15) is 0 Å². The first-order valence-electron chi connectivity index (χ1n) is 39.4. The summed E-state index contributed by atoms with van der Waals surface area (Å²) in [5.41, 5.74) is 32.5. The Morgan fingerprint density at radius 2 is 0.487 bits per heavy atom. The van der Waals surface area contributed by atoms with Crippen LogP contribution in [-0.4, -0.2) is 0 Å². The maximum Gasteiger partial charge on any atom is 0.137 e. The van der Waals surface area contributed by atoms with Gasteiger partial charge in [-0.15, -0.1) is 0 Å². The second-order valence-electron chi connectivity index (χ2n) is 30.1. The number of fused-ring (bicyclic) bond motifs is 15. The molecule has 0 saturated heterocycles. The predicted octanol–water partition coefficient (Wildman–Crippen LogP) is 29.7. The van der Waals surface area contributed by atoms with Crippen molar-refractivity contribution in [3.63, 3.8) is 0 Å². The van der Waals surface area contributed by atoms with Gasteiger partial charge in [-0.3, -0.25) is 0 Å². The highest BCUT2D eigenvalue weighted by Gasteiger charge is 2.48. The fourth-order valence-electron chi connectivity index (χ4n) is 18.9. The van der Waals surface area contributed by atoms with Crippen molar-refractivity contribution in [2.45, 2.75) is 10.8 Å². The summed E-state index contributed by atoms with van der Waals surface area (Å²) in [7, 11) is 0. The molecule has 2 aliphatic carbocycles. The van der Waals surface area contributed by atoms with Crippen LogP contribution in [-0.2, 0) is 10.8 Å². The summed E-state index contributed by atoms with van der Waals surface area (Å²) in [5.74, 6) is 0. The summed E-state index contributed by atoms with van der Waals surface area (Å²) < 4.78 is 20.2. The lowest BCUT2D eigenvalue weighted by molar-refractivity contribution is 0.665. The number of anilines is 6. The Kier molecular flexibility index (Phi) is 16.0. The number of hydrogen-bond acceptors (Lipinski definition) is 5. The SMILES string of the molecule is c1ccc(-c2cccc(-c3cccc(N(c4ccccc4)c4ccc5c(c4)oc4cccc(C6(c7ccccc7)c7ccccc7-c7ccccc76)c45)c3)c2)cc1.c1ccc(-c2cccc(C3(c4ccc5c(c4)oc4cc(N(c6ccccc6)c6ccc7c(c6)oc6ccccc67)ccc45)c4ccccc4-c4ccccc43)c2)cc1. The van der Waals surface area contributed by atoms with Crippen LogP contribution in [0.1, 0.15) is 44.5 Å². The number of benzene rings is 18. The van der Waals surface area contributed by atoms with Crippen LogP contribution in [0, 0.1) is 0 Å². The molecular formula is C110H72N2O3. The van der Waals surface area contributed by atoms with Gasteiger partial charge in [0.05, 0.1) is 10.8 Å². The van der Waals surface area contributed by atoms with Gasteiger partial charge in [-0.1, -0.05) is 315 Å². The average Bonchev–Trinajstić information content (AvgIpc) is 1.54. The highest BCUT2D eigenvalue weighted by Crippen LogP contribution is 2.60.